The van der Waals surface area contributed by atoms with Gasteiger partial charge in [0.05, 0.1) is 6.61 Å². The predicted octanol–water partition coefficient (Wildman–Crippen LogP) is 1.86. The molecular weight excluding hydrogens is 289 g/mol. The molecule has 0 spiro atoms. The lowest BCUT2D eigenvalue weighted by Gasteiger charge is -2.07. The van der Waals surface area contributed by atoms with Gasteiger partial charge in [0.25, 0.3) is 0 Å². The molecule has 2 N–H and O–H groups in total. The molecule has 0 saturated carbocycles. The van der Waals surface area contributed by atoms with Crippen LogP contribution in [0.3, 0.4) is 0 Å². The van der Waals surface area contributed by atoms with Gasteiger partial charge in [-0.15, -0.1) is 11.3 Å². The summed E-state index contributed by atoms with van der Waals surface area (Å²) in [4.78, 5) is 0.428. The van der Waals surface area contributed by atoms with Crippen LogP contribution in [0.2, 0.25) is 0 Å². The fourth-order valence-corrected chi connectivity index (χ4v) is 3.32. The molecule has 4 nitrogen and oxygen atoms in total. The lowest BCUT2D eigenvalue weighted by Crippen LogP contribution is -2.23. The van der Waals surface area contributed by atoms with Crippen LogP contribution in [-0.4, -0.2) is 13.5 Å². The van der Waals surface area contributed by atoms with Crippen molar-refractivity contribution in [1.82, 2.24) is 4.72 Å². The van der Waals surface area contributed by atoms with Gasteiger partial charge in [0.1, 0.15) is 10.7 Å². The zero-order valence-electron chi connectivity index (χ0n) is 9.84. The highest BCUT2D eigenvalue weighted by Gasteiger charge is 2.19. The van der Waals surface area contributed by atoms with Crippen LogP contribution in [0.25, 0.3) is 0 Å². The molecular formula is C12H12FNO3S2. The minimum Gasteiger partial charge on any atom is -0.392 e. The smallest absolute Gasteiger partial charge is 0.243 e. The molecule has 1 aromatic heterocycles. The van der Waals surface area contributed by atoms with Crippen molar-refractivity contribution < 1.29 is 17.9 Å². The van der Waals surface area contributed by atoms with E-state index < -0.39 is 20.7 Å². The van der Waals surface area contributed by atoms with E-state index in [1.807, 2.05) is 11.4 Å². The minimum atomic E-state index is -3.89. The Bertz CT molecular complexity index is 654. The third kappa shape index (κ3) is 3.38. The van der Waals surface area contributed by atoms with Gasteiger partial charge in [-0.05, 0) is 29.1 Å². The average molecular weight is 301 g/mol. The summed E-state index contributed by atoms with van der Waals surface area (Å²) in [5.74, 6) is -0.870. The number of hydrogen-bond acceptors (Lipinski definition) is 4. The highest BCUT2D eigenvalue weighted by molar-refractivity contribution is 7.89. The van der Waals surface area contributed by atoms with Crippen molar-refractivity contribution in [2.75, 3.05) is 0 Å². The zero-order chi connectivity index (χ0) is 13.9. The van der Waals surface area contributed by atoms with Crippen LogP contribution in [0.4, 0.5) is 4.39 Å². The van der Waals surface area contributed by atoms with E-state index >= 15 is 0 Å². The third-order valence-corrected chi connectivity index (χ3v) is 4.80. The molecule has 0 atom stereocenters. The predicted molar refractivity (Wildman–Crippen MR) is 70.7 cm³/mol. The zero-order valence-corrected chi connectivity index (χ0v) is 11.5. The van der Waals surface area contributed by atoms with Crippen LogP contribution in [0.1, 0.15) is 10.4 Å². The molecule has 0 aliphatic heterocycles. The molecule has 1 heterocycles. The first-order chi connectivity index (χ1) is 9.03. The van der Waals surface area contributed by atoms with Gasteiger partial charge in [0, 0.05) is 11.4 Å². The summed E-state index contributed by atoms with van der Waals surface area (Å²) in [6, 6.07) is 7.14. The summed E-state index contributed by atoms with van der Waals surface area (Å²) in [7, 11) is -3.89. The molecule has 0 unspecified atom stereocenters. The highest BCUT2D eigenvalue weighted by atomic mass is 32.2. The lowest BCUT2D eigenvalue weighted by atomic mass is 10.2. The molecule has 0 bridgehead atoms. The van der Waals surface area contributed by atoms with Gasteiger partial charge in [-0.25, -0.2) is 17.5 Å². The van der Waals surface area contributed by atoms with Crippen LogP contribution in [-0.2, 0) is 23.2 Å². The van der Waals surface area contributed by atoms with Crippen LogP contribution >= 0.6 is 11.3 Å². The van der Waals surface area contributed by atoms with E-state index in [4.69, 9.17) is 5.11 Å². The first kappa shape index (κ1) is 14.1. The molecule has 2 rings (SSSR count). The minimum absolute atomic E-state index is 0.126. The van der Waals surface area contributed by atoms with Crippen molar-refractivity contribution in [1.29, 1.82) is 0 Å². The van der Waals surface area contributed by atoms with Gasteiger partial charge >= 0.3 is 0 Å². The molecule has 0 aliphatic carbocycles. The second-order valence-electron chi connectivity index (χ2n) is 3.83. The number of nitrogens with one attached hydrogen (secondary N) is 1. The number of halogens is 1. The molecule has 0 saturated heterocycles. The first-order valence-corrected chi connectivity index (χ1v) is 7.80. The maximum atomic E-state index is 13.7. The molecule has 19 heavy (non-hydrogen) atoms. The Morgan fingerprint density at radius 1 is 1.32 bits per heavy atom. The summed E-state index contributed by atoms with van der Waals surface area (Å²) in [5.41, 5.74) is 0.328. The third-order valence-electron chi connectivity index (χ3n) is 2.48. The van der Waals surface area contributed by atoms with Crippen molar-refractivity contribution in [2.24, 2.45) is 0 Å². The molecule has 7 heteroatoms. The SMILES string of the molecule is O=S(=O)(NCc1cccs1)c1ccc(CO)cc1F. The number of aliphatic hydroxyl groups is 1. The van der Waals surface area contributed by atoms with Crippen molar-refractivity contribution >= 4 is 21.4 Å². The summed E-state index contributed by atoms with van der Waals surface area (Å²) >= 11 is 1.42. The number of aliphatic hydroxyl groups excluding tert-OH is 1. The standard InChI is InChI=1S/C12H12FNO3S2/c13-11-6-9(8-15)3-4-12(11)19(16,17)14-7-10-2-1-5-18-10/h1-6,14-15H,7-8H2. The van der Waals surface area contributed by atoms with Gasteiger partial charge in [0.15, 0.2) is 0 Å². The Kier molecular flexibility index (Phi) is 4.31. The Balaban J connectivity index is 2.19. The van der Waals surface area contributed by atoms with Gasteiger partial charge in [-0.2, -0.15) is 0 Å². The normalized spacial score (nSPS) is 11.7. The second-order valence-corrected chi connectivity index (χ2v) is 6.59. The average Bonchev–Trinajstić information content (AvgIpc) is 2.89. The van der Waals surface area contributed by atoms with E-state index in [1.54, 1.807) is 6.07 Å². The number of hydrogen-bond donors (Lipinski definition) is 2. The summed E-state index contributed by atoms with van der Waals surface area (Å²) in [5, 5.41) is 10.7. The van der Waals surface area contributed by atoms with Crippen LogP contribution < -0.4 is 4.72 Å². The maximum absolute atomic E-state index is 13.7. The van der Waals surface area contributed by atoms with Gasteiger partial charge in [-0.3, -0.25) is 0 Å². The number of sulfonamides is 1. The quantitative estimate of drug-likeness (QED) is 0.886. The maximum Gasteiger partial charge on any atom is 0.243 e. The van der Waals surface area contributed by atoms with Crippen LogP contribution in [0.15, 0.2) is 40.6 Å². The van der Waals surface area contributed by atoms with Crippen LogP contribution in [0.5, 0.6) is 0 Å². The largest absolute Gasteiger partial charge is 0.392 e. The van der Waals surface area contributed by atoms with Crippen molar-refractivity contribution in [3.05, 3.63) is 52.0 Å². The number of benzene rings is 1. The summed E-state index contributed by atoms with van der Waals surface area (Å²) in [6.45, 7) is -0.207. The Morgan fingerprint density at radius 2 is 2.11 bits per heavy atom. The number of rotatable bonds is 5. The van der Waals surface area contributed by atoms with Crippen molar-refractivity contribution in [3.63, 3.8) is 0 Å². The monoisotopic (exact) mass is 301 g/mol. The van der Waals surface area contributed by atoms with E-state index in [-0.39, 0.29) is 13.2 Å². The Morgan fingerprint density at radius 3 is 2.68 bits per heavy atom. The van der Waals surface area contributed by atoms with E-state index in [0.717, 1.165) is 17.0 Å². The lowest BCUT2D eigenvalue weighted by molar-refractivity contribution is 0.281. The van der Waals surface area contributed by atoms with Crippen molar-refractivity contribution in [3.8, 4) is 0 Å². The molecule has 102 valence electrons. The van der Waals surface area contributed by atoms with Crippen molar-refractivity contribution in [2.45, 2.75) is 18.0 Å². The summed E-state index contributed by atoms with van der Waals surface area (Å²) in [6.07, 6.45) is 0. The molecule has 1 aromatic carbocycles. The van der Waals surface area contributed by atoms with E-state index in [0.29, 0.717) is 5.56 Å². The Hall–Kier alpha value is -1.28. The molecule has 2 aromatic rings. The molecule has 0 fully saturated rings. The van der Waals surface area contributed by atoms with Gasteiger partial charge < -0.3 is 5.11 Å². The number of thiophene rings is 1. The molecule has 0 amide bonds. The molecule has 0 radical (unpaired) electrons. The Labute approximate surface area is 114 Å². The van der Waals surface area contributed by atoms with Gasteiger partial charge in [-0.1, -0.05) is 12.1 Å². The van der Waals surface area contributed by atoms with E-state index in [1.165, 1.54) is 17.4 Å². The van der Waals surface area contributed by atoms with Gasteiger partial charge in [0.2, 0.25) is 10.0 Å². The fraction of sp³-hybridized carbons (Fsp3) is 0.167. The summed E-state index contributed by atoms with van der Waals surface area (Å²) < 4.78 is 39.9. The first-order valence-electron chi connectivity index (χ1n) is 5.44. The highest BCUT2D eigenvalue weighted by Crippen LogP contribution is 2.17. The second kappa shape index (κ2) is 5.79. The fourth-order valence-electron chi connectivity index (χ4n) is 1.52. The topological polar surface area (TPSA) is 66.4 Å². The molecule has 0 aliphatic rings. The van der Waals surface area contributed by atoms with E-state index in [9.17, 15) is 12.8 Å². The van der Waals surface area contributed by atoms with E-state index in [2.05, 4.69) is 4.72 Å². The van der Waals surface area contributed by atoms with Crippen LogP contribution in [0, 0.1) is 5.82 Å².